The summed E-state index contributed by atoms with van der Waals surface area (Å²) in [4.78, 5) is 5.20. The molecule has 1 unspecified atom stereocenters. The molecule has 1 aromatic rings. The molecular weight excluding hydrogens is 234 g/mol. The summed E-state index contributed by atoms with van der Waals surface area (Å²) >= 11 is 0. The number of rotatable bonds is 3. The summed E-state index contributed by atoms with van der Waals surface area (Å²) in [5.74, 6) is 0. The standard InChI is InChI=1S/C16H25N3/c1-13(17)14-4-6-15(7-5-14)19-11-8-16(12-19)18-9-2-3-10-18/h4-7,13,16H,2-3,8-12,17H2,1H3/t13-,16?/m1/s1. The minimum atomic E-state index is 0.130. The molecule has 0 spiro atoms. The number of nitrogens with two attached hydrogens (primary N) is 1. The zero-order valence-electron chi connectivity index (χ0n) is 11.9. The largest absolute Gasteiger partial charge is 0.370 e. The monoisotopic (exact) mass is 259 g/mol. The normalized spacial score (nSPS) is 26.0. The van der Waals surface area contributed by atoms with Crippen LogP contribution in [0.3, 0.4) is 0 Å². The van der Waals surface area contributed by atoms with E-state index in [9.17, 15) is 0 Å². The highest BCUT2D eigenvalue weighted by Gasteiger charge is 2.29. The summed E-state index contributed by atoms with van der Waals surface area (Å²) in [6.45, 7) is 7.04. The molecule has 2 saturated heterocycles. The molecule has 19 heavy (non-hydrogen) atoms. The second-order valence-corrected chi connectivity index (χ2v) is 6.01. The molecule has 2 fully saturated rings. The maximum atomic E-state index is 5.90. The summed E-state index contributed by atoms with van der Waals surface area (Å²) in [6.07, 6.45) is 4.09. The smallest absolute Gasteiger partial charge is 0.0366 e. The highest BCUT2D eigenvalue weighted by atomic mass is 15.3. The lowest BCUT2D eigenvalue weighted by Gasteiger charge is -2.24. The van der Waals surface area contributed by atoms with Crippen molar-refractivity contribution in [2.75, 3.05) is 31.1 Å². The van der Waals surface area contributed by atoms with Crippen molar-refractivity contribution in [3.05, 3.63) is 29.8 Å². The molecule has 0 aromatic heterocycles. The van der Waals surface area contributed by atoms with Crippen molar-refractivity contribution >= 4 is 5.69 Å². The van der Waals surface area contributed by atoms with Crippen LogP contribution in [0.2, 0.25) is 0 Å². The minimum Gasteiger partial charge on any atom is -0.370 e. The number of likely N-dealkylation sites (tertiary alicyclic amines) is 1. The number of benzene rings is 1. The van der Waals surface area contributed by atoms with E-state index >= 15 is 0 Å². The van der Waals surface area contributed by atoms with Gasteiger partial charge >= 0.3 is 0 Å². The van der Waals surface area contributed by atoms with E-state index in [1.807, 2.05) is 6.92 Å². The molecule has 0 aliphatic carbocycles. The molecule has 0 radical (unpaired) electrons. The van der Waals surface area contributed by atoms with Gasteiger partial charge in [-0.1, -0.05) is 12.1 Å². The van der Waals surface area contributed by atoms with E-state index < -0.39 is 0 Å². The van der Waals surface area contributed by atoms with Gasteiger partial charge in [-0.2, -0.15) is 0 Å². The van der Waals surface area contributed by atoms with Gasteiger partial charge in [-0.25, -0.2) is 0 Å². The lowest BCUT2D eigenvalue weighted by Crippen LogP contribution is -2.35. The predicted octanol–water partition coefficient (Wildman–Crippen LogP) is 2.38. The molecule has 2 aliphatic heterocycles. The van der Waals surface area contributed by atoms with Gasteiger partial charge in [0.25, 0.3) is 0 Å². The van der Waals surface area contributed by atoms with Gasteiger partial charge in [0.2, 0.25) is 0 Å². The zero-order valence-corrected chi connectivity index (χ0v) is 11.9. The first kappa shape index (κ1) is 12.9. The molecule has 104 valence electrons. The van der Waals surface area contributed by atoms with Crippen LogP contribution >= 0.6 is 0 Å². The van der Waals surface area contributed by atoms with Gasteiger partial charge in [0.1, 0.15) is 0 Å². The number of anilines is 1. The first-order valence-corrected chi connectivity index (χ1v) is 7.58. The Morgan fingerprint density at radius 1 is 1.11 bits per heavy atom. The topological polar surface area (TPSA) is 32.5 Å². The molecule has 0 bridgehead atoms. The number of nitrogens with zero attached hydrogens (tertiary/aromatic N) is 2. The molecule has 2 aliphatic rings. The average Bonchev–Trinajstić information content (AvgIpc) is 3.10. The van der Waals surface area contributed by atoms with Gasteiger partial charge in [0.05, 0.1) is 0 Å². The Kier molecular flexibility index (Phi) is 3.76. The SMILES string of the molecule is C[C@@H](N)c1ccc(N2CCC(N3CCCC3)C2)cc1. The van der Waals surface area contributed by atoms with E-state index in [2.05, 4.69) is 34.1 Å². The van der Waals surface area contributed by atoms with E-state index in [1.54, 1.807) is 0 Å². The highest BCUT2D eigenvalue weighted by Crippen LogP contribution is 2.26. The van der Waals surface area contributed by atoms with Gasteiger partial charge in [-0.15, -0.1) is 0 Å². The Hall–Kier alpha value is -1.06. The van der Waals surface area contributed by atoms with Crippen LogP contribution in [-0.2, 0) is 0 Å². The number of hydrogen-bond acceptors (Lipinski definition) is 3. The Balaban J connectivity index is 1.63. The molecule has 0 saturated carbocycles. The highest BCUT2D eigenvalue weighted by molar-refractivity contribution is 5.49. The summed E-state index contributed by atoms with van der Waals surface area (Å²) in [5, 5.41) is 0. The first-order valence-electron chi connectivity index (χ1n) is 7.58. The van der Waals surface area contributed by atoms with E-state index in [4.69, 9.17) is 5.73 Å². The lowest BCUT2D eigenvalue weighted by atomic mass is 10.1. The minimum absolute atomic E-state index is 0.130. The van der Waals surface area contributed by atoms with Crippen LogP contribution in [-0.4, -0.2) is 37.1 Å². The van der Waals surface area contributed by atoms with Crippen LogP contribution in [0, 0.1) is 0 Å². The number of hydrogen-bond donors (Lipinski definition) is 1. The van der Waals surface area contributed by atoms with Crippen molar-refractivity contribution in [3.63, 3.8) is 0 Å². The summed E-state index contributed by atoms with van der Waals surface area (Å²) < 4.78 is 0. The molecule has 0 amide bonds. The average molecular weight is 259 g/mol. The van der Waals surface area contributed by atoms with E-state index in [0.717, 1.165) is 6.04 Å². The van der Waals surface area contributed by atoms with Gasteiger partial charge in [-0.3, -0.25) is 4.90 Å². The van der Waals surface area contributed by atoms with Crippen LogP contribution in [0.4, 0.5) is 5.69 Å². The molecule has 2 atom stereocenters. The summed E-state index contributed by atoms with van der Waals surface area (Å²) in [6, 6.07) is 9.70. The van der Waals surface area contributed by atoms with Crippen molar-refractivity contribution in [1.82, 2.24) is 4.90 Å². The first-order chi connectivity index (χ1) is 9.24. The fraction of sp³-hybridized carbons (Fsp3) is 0.625. The third-order valence-electron chi connectivity index (χ3n) is 4.60. The Morgan fingerprint density at radius 2 is 1.79 bits per heavy atom. The third kappa shape index (κ3) is 2.77. The predicted molar refractivity (Wildman–Crippen MR) is 80.5 cm³/mol. The molecular formula is C16H25N3. The lowest BCUT2D eigenvalue weighted by molar-refractivity contribution is 0.260. The quantitative estimate of drug-likeness (QED) is 0.904. The van der Waals surface area contributed by atoms with Crippen molar-refractivity contribution in [1.29, 1.82) is 0 Å². The van der Waals surface area contributed by atoms with Crippen LogP contribution < -0.4 is 10.6 Å². The maximum Gasteiger partial charge on any atom is 0.0366 e. The van der Waals surface area contributed by atoms with Crippen molar-refractivity contribution in [2.24, 2.45) is 5.73 Å². The maximum absolute atomic E-state index is 5.90. The van der Waals surface area contributed by atoms with E-state index in [-0.39, 0.29) is 6.04 Å². The summed E-state index contributed by atoms with van der Waals surface area (Å²) in [5.41, 5.74) is 8.48. The van der Waals surface area contributed by atoms with Gasteiger partial charge in [-0.05, 0) is 57.0 Å². The molecule has 2 N–H and O–H groups in total. The molecule has 3 heteroatoms. The van der Waals surface area contributed by atoms with Gasteiger partial charge < -0.3 is 10.6 Å². The second kappa shape index (κ2) is 5.51. The Bertz CT molecular complexity index is 407. The van der Waals surface area contributed by atoms with Crippen LogP contribution in [0.15, 0.2) is 24.3 Å². The molecule has 3 rings (SSSR count). The van der Waals surface area contributed by atoms with E-state index in [1.165, 1.54) is 56.7 Å². The third-order valence-corrected chi connectivity index (χ3v) is 4.60. The summed E-state index contributed by atoms with van der Waals surface area (Å²) in [7, 11) is 0. The van der Waals surface area contributed by atoms with Crippen LogP contribution in [0.5, 0.6) is 0 Å². The Morgan fingerprint density at radius 3 is 2.42 bits per heavy atom. The molecule has 1 aromatic carbocycles. The van der Waals surface area contributed by atoms with Crippen molar-refractivity contribution < 1.29 is 0 Å². The van der Waals surface area contributed by atoms with Crippen LogP contribution in [0.25, 0.3) is 0 Å². The molecule has 3 nitrogen and oxygen atoms in total. The van der Waals surface area contributed by atoms with Crippen LogP contribution in [0.1, 0.15) is 37.8 Å². The van der Waals surface area contributed by atoms with Gasteiger partial charge in [0.15, 0.2) is 0 Å². The Labute approximate surface area is 116 Å². The zero-order chi connectivity index (χ0) is 13.2. The fourth-order valence-electron chi connectivity index (χ4n) is 3.37. The molecule has 2 heterocycles. The van der Waals surface area contributed by atoms with E-state index in [0.29, 0.717) is 0 Å². The van der Waals surface area contributed by atoms with Crippen molar-refractivity contribution in [2.45, 2.75) is 38.3 Å². The van der Waals surface area contributed by atoms with Crippen molar-refractivity contribution in [3.8, 4) is 0 Å². The second-order valence-electron chi connectivity index (χ2n) is 6.01. The van der Waals surface area contributed by atoms with Gasteiger partial charge in [0, 0.05) is 30.9 Å². The fourth-order valence-corrected chi connectivity index (χ4v) is 3.37.